The molecule has 1 aromatic carbocycles. The van der Waals surface area contributed by atoms with Gasteiger partial charge in [-0.05, 0) is 35.9 Å². The Labute approximate surface area is 156 Å². The number of amides is 2. The van der Waals surface area contributed by atoms with Gasteiger partial charge in [0, 0.05) is 48.8 Å². The Hall–Kier alpha value is -3.74. The Kier molecular flexibility index (Phi) is 4.49. The molecular weight excluding hydrogens is 340 g/mol. The number of anilines is 1. The summed E-state index contributed by atoms with van der Waals surface area (Å²) in [4.78, 5) is 21.0. The first kappa shape index (κ1) is 16.7. The van der Waals surface area contributed by atoms with Crippen molar-refractivity contribution in [1.82, 2.24) is 25.1 Å². The van der Waals surface area contributed by atoms with Gasteiger partial charge in [-0.25, -0.2) is 4.79 Å². The van der Waals surface area contributed by atoms with Crippen molar-refractivity contribution in [3.8, 4) is 11.3 Å². The zero-order valence-corrected chi connectivity index (χ0v) is 14.8. The summed E-state index contributed by atoms with van der Waals surface area (Å²) in [6, 6.07) is 13.0. The average molecular weight is 358 g/mol. The molecule has 0 radical (unpaired) electrons. The molecule has 0 saturated carbocycles. The van der Waals surface area contributed by atoms with Gasteiger partial charge in [-0.15, -0.1) is 0 Å². The minimum absolute atomic E-state index is 0.278. The molecule has 0 fully saturated rings. The molecule has 0 saturated heterocycles. The van der Waals surface area contributed by atoms with E-state index in [4.69, 9.17) is 0 Å². The Morgan fingerprint density at radius 3 is 2.81 bits per heavy atom. The minimum Gasteiger partial charge on any atom is -0.334 e. The third-order valence-corrected chi connectivity index (χ3v) is 4.17. The SMILES string of the molecule is Cn1cc(-c2ncccc2CNC(=O)Nc2ccc3ncccc3c2)cn1. The van der Waals surface area contributed by atoms with E-state index in [1.165, 1.54) is 0 Å². The summed E-state index contributed by atoms with van der Waals surface area (Å²) in [6.45, 7) is 0.360. The summed E-state index contributed by atoms with van der Waals surface area (Å²) in [5, 5.41) is 10.9. The number of rotatable bonds is 4. The van der Waals surface area contributed by atoms with E-state index in [0.717, 1.165) is 27.7 Å². The fourth-order valence-corrected chi connectivity index (χ4v) is 2.89. The van der Waals surface area contributed by atoms with Gasteiger partial charge in [0.15, 0.2) is 0 Å². The normalized spacial score (nSPS) is 10.7. The van der Waals surface area contributed by atoms with Gasteiger partial charge in [0.2, 0.25) is 0 Å². The van der Waals surface area contributed by atoms with Crippen LogP contribution in [0.1, 0.15) is 5.56 Å². The van der Waals surface area contributed by atoms with Crippen LogP contribution in [0.3, 0.4) is 0 Å². The van der Waals surface area contributed by atoms with Gasteiger partial charge in [0.1, 0.15) is 0 Å². The molecule has 0 aliphatic heterocycles. The van der Waals surface area contributed by atoms with Gasteiger partial charge >= 0.3 is 6.03 Å². The van der Waals surface area contributed by atoms with E-state index in [1.54, 1.807) is 23.3 Å². The van der Waals surface area contributed by atoms with E-state index in [9.17, 15) is 4.79 Å². The maximum Gasteiger partial charge on any atom is 0.319 e. The van der Waals surface area contributed by atoms with Crippen molar-refractivity contribution in [2.24, 2.45) is 7.05 Å². The highest BCUT2D eigenvalue weighted by atomic mass is 16.2. The first-order valence-electron chi connectivity index (χ1n) is 8.51. The van der Waals surface area contributed by atoms with Gasteiger partial charge in [0.05, 0.1) is 17.4 Å². The van der Waals surface area contributed by atoms with E-state index in [2.05, 4.69) is 25.7 Å². The number of carbonyl (C=O) groups is 1. The van der Waals surface area contributed by atoms with Crippen molar-refractivity contribution in [2.75, 3.05) is 5.32 Å². The van der Waals surface area contributed by atoms with Gasteiger partial charge in [-0.3, -0.25) is 14.6 Å². The average Bonchev–Trinajstić information content (AvgIpc) is 3.13. The molecule has 0 unspecified atom stereocenters. The highest BCUT2D eigenvalue weighted by Crippen LogP contribution is 2.20. The van der Waals surface area contributed by atoms with Gasteiger partial charge in [-0.2, -0.15) is 5.10 Å². The standard InChI is InChI=1S/C20H18N6O/c1-26-13-16(12-24-26)19-15(5-3-9-22-19)11-23-20(27)25-17-6-7-18-14(10-17)4-2-8-21-18/h2-10,12-13H,11H2,1H3,(H2,23,25,27). The molecule has 0 bridgehead atoms. The lowest BCUT2D eigenvalue weighted by Gasteiger charge is -2.10. The van der Waals surface area contributed by atoms with E-state index in [0.29, 0.717) is 12.2 Å². The number of urea groups is 1. The van der Waals surface area contributed by atoms with Crippen LogP contribution < -0.4 is 10.6 Å². The Bertz CT molecular complexity index is 1100. The second kappa shape index (κ2) is 7.25. The molecule has 7 heteroatoms. The molecule has 7 nitrogen and oxygen atoms in total. The van der Waals surface area contributed by atoms with Gasteiger partial charge < -0.3 is 10.6 Å². The minimum atomic E-state index is -0.278. The van der Waals surface area contributed by atoms with Crippen LogP contribution in [0, 0.1) is 0 Å². The number of hydrogen-bond acceptors (Lipinski definition) is 4. The van der Waals surface area contributed by atoms with E-state index in [-0.39, 0.29) is 6.03 Å². The van der Waals surface area contributed by atoms with E-state index >= 15 is 0 Å². The quantitative estimate of drug-likeness (QED) is 0.586. The number of aryl methyl sites for hydroxylation is 1. The monoisotopic (exact) mass is 358 g/mol. The Morgan fingerprint density at radius 2 is 1.96 bits per heavy atom. The second-order valence-electron chi connectivity index (χ2n) is 6.13. The number of benzene rings is 1. The van der Waals surface area contributed by atoms with Crippen molar-refractivity contribution < 1.29 is 4.79 Å². The first-order valence-corrected chi connectivity index (χ1v) is 8.51. The topological polar surface area (TPSA) is 84.7 Å². The summed E-state index contributed by atoms with van der Waals surface area (Å²) in [5.41, 5.74) is 4.25. The van der Waals surface area contributed by atoms with Crippen LogP contribution in [-0.2, 0) is 13.6 Å². The summed E-state index contributed by atoms with van der Waals surface area (Å²) in [6.07, 6.45) is 7.13. The zero-order chi connectivity index (χ0) is 18.6. The lowest BCUT2D eigenvalue weighted by molar-refractivity contribution is 0.252. The molecule has 0 aliphatic carbocycles. The number of pyridine rings is 2. The third-order valence-electron chi connectivity index (χ3n) is 4.17. The molecule has 3 heterocycles. The molecule has 0 aliphatic rings. The number of carbonyl (C=O) groups excluding carboxylic acids is 1. The van der Waals surface area contributed by atoms with Crippen LogP contribution in [0.2, 0.25) is 0 Å². The maximum atomic E-state index is 12.3. The molecule has 134 valence electrons. The van der Waals surface area contributed by atoms with Crippen LogP contribution in [-0.4, -0.2) is 25.8 Å². The Morgan fingerprint density at radius 1 is 1.11 bits per heavy atom. The van der Waals surface area contributed by atoms with Crippen molar-refractivity contribution in [2.45, 2.75) is 6.54 Å². The lowest BCUT2D eigenvalue weighted by atomic mass is 10.1. The van der Waals surface area contributed by atoms with Crippen molar-refractivity contribution in [3.63, 3.8) is 0 Å². The predicted molar refractivity (Wildman–Crippen MR) is 104 cm³/mol. The highest BCUT2D eigenvalue weighted by molar-refractivity contribution is 5.92. The second-order valence-corrected chi connectivity index (χ2v) is 6.13. The number of nitrogens with one attached hydrogen (secondary N) is 2. The molecule has 3 aromatic heterocycles. The third kappa shape index (κ3) is 3.77. The van der Waals surface area contributed by atoms with Crippen LogP contribution in [0.4, 0.5) is 10.5 Å². The molecule has 2 N–H and O–H groups in total. The summed E-state index contributed by atoms with van der Waals surface area (Å²) in [5.74, 6) is 0. The number of fused-ring (bicyclic) bond motifs is 1. The molecule has 27 heavy (non-hydrogen) atoms. The van der Waals surface area contributed by atoms with Crippen LogP contribution in [0.25, 0.3) is 22.2 Å². The molecular formula is C20H18N6O. The maximum absolute atomic E-state index is 12.3. The highest BCUT2D eigenvalue weighted by Gasteiger charge is 2.10. The van der Waals surface area contributed by atoms with Gasteiger partial charge in [0.25, 0.3) is 0 Å². The Balaban J connectivity index is 1.45. The number of hydrogen-bond donors (Lipinski definition) is 2. The number of nitrogens with zero attached hydrogens (tertiary/aromatic N) is 4. The predicted octanol–water partition coefficient (Wildman–Crippen LogP) is 3.35. The van der Waals surface area contributed by atoms with E-state index < -0.39 is 0 Å². The fraction of sp³-hybridized carbons (Fsp3) is 0.100. The molecule has 4 aromatic rings. The van der Waals surface area contributed by atoms with Gasteiger partial charge in [-0.1, -0.05) is 12.1 Å². The fourth-order valence-electron chi connectivity index (χ4n) is 2.89. The summed E-state index contributed by atoms with van der Waals surface area (Å²) < 4.78 is 1.72. The van der Waals surface area contributed by atoms with Crippen molar-refractivity contribution in [1.29, 1.82) is 0 Å². The molecule has 2 amide bonds. The van der Waals surface area contributed by atoms with Crippen LogP contribution >= 0.6 is 0 Å². The van der Waals surface area contributed by atoms with Crippen molar-refractivity contribution >= 4 is 22.6 Å². The molecule has 4 rings (SSSR count). The van der Waals surface area contributed by atoms with E-state index in [1.807, 2.05) is 55.7 Å². The zero-order valence-electron chi connectivity index (χ0n) is 14.8. The van der Waals surface area contributed by atoms with Crippen LogP contribution in [0.5, 0.6) is 0 Å². The largest absolute Gasteiger partial charge is 0.334 e. The summed E-state index contributed by atoms with van der Waals surface area (Å²) in [7, 11) is 1.86. The van der Waals surface area contributed by atoms with Crippen molar-refractivity contribution in [3.05, 3.63) is 72.8 Å². The van der Waals surface area contributed by atoms with Crippen LogP contribution in [0.15, 0.2) is 67.3 Å². The first-order chi connectivity index (χ1) is 13.2. The molecule has 0 spiro atoms. The number of aromatic nitrogens is 4. The molecule has 0 atom stereocenters. The summed E-state index contributed by atoms with van der Waals surface area (Å²) >= 11 is 0. The lowest BCUT2D eigenvalue weighted by Crippen LogP contribution is -2.28. The smallest absolute Gasteiger partial charge is 0.319 e.